The summed E-state index contributed by atoms with van der Waals surface area (Å²) in [6, 6.07) is 12.1. The number of carbonyl (C=O) groups is 2. The van der Waals surface area contributed by atoms with Crippen molar-refractivity contribution in [2.45, 2.75) is 78.4 Å². The van der Waals surface area contributed by atoms with Gasteiger partial charge in [0.1, 0.15) is 17.1 Å². The first-order valence-electron chi connectivity index (χ1n) is 13.4. The molecule has 2 aromatic carbocycles. The van der Waals surface area contributed by atoms with Crippen molar-refractivity contribution in [1.29, 1.82) is 0 Å². The highest BCUT2D eigenvalue weighted by Crippen LogP contribution is 2.49. The number of ether oxygens (including phenoxy) is 1. The molecule has 0 aromatic heterocycles. The number of benzene rings is 2. The molecule has 1 saturated carbocycles. The number of halogens is 1. The lowest BCUT2D eigenvalue weighted by molar-refractivity contribution is -0.134. The second-order valence-electron chi connectivity index (χ2n) is 12.4. The van der Waals surface area contributed by atoms with Crippen LogP contribution in [0.4, 0.5) is 0 Å². The van der Waals surface area contributed by atoms with Gasteiger partial charge in [-0.05, 0) is 79.2 Å². The van der Waals surface area contributed by atoms with Gasteiger partial charge in [0.25, 0.3) is 5.91 Å². The van der Waals surface area contributed by atoms with Crippen molar-refractivity contribution in [3.63, 3.8) is 0 Å². The molecule has 3 unspecified atom stereocenters. The molecule has 1 spiro atoms. The Labute approximate surface area is 231 Å². The molecule has 1 fully saturated rings. The minimum Gasteiger partial charge on any atom is -0.506 e. The fraction of sp³-hybridized carbons (Fsp3) is 0.516. The third-order valence-electron chi connectivity index (χ3n) is 7.76. The molecule has 0 radical (unpaired) electrons. The van der Waals surface area contributed by atoms with Crippen molar-refractivity contribution >= 4 is 29.2 Å². The van der Waals surface area contributed by atoms with E-state index in [2.05, 4.69) is 34.6 Å². The van der Waals surface area contributed by atoms with Crippen molar-refractivity contribution in [2.75, 3.05) is 7.11 Å². The van der Waals surface area contributed by atoms with E-state index in [1.54, 1.807) is 24.3 Å². The van der Waals surface area contributed by atoms with Crippen LogP contribution < -0.4 is 0 Å². The van der Waals surface area contributed by atoms with Crippen LogP contribution in [0.3, 0.4) is 0 Å². The summed E-state index contributed by atoms with van der Waals surface area (Å²) in [7, 11) is 1.37. The summed E-state index contributed by atoms with van der Waals surface area (Å²) in [5.41, 5.74) is 1.77. The Morgan fingerprint density at radius 3 is 2.34 bits per heavy atom. The third kappa shape index (κ3) is 5.75. The number of hydrogen-bond acceptors (Lipinski definition) is 5. The zero-order chi connectivity index (χ0) is 27.8. The largest absolute Gasteiger partial charge is 0.506 e. The van der Waals surface area contributed by atoms with Gasteiger partial charge in [-0.3, -0.25) is 9.79 Å². The Bertz CT molecular complexity index is 1220. The molecule has 2 aliphatic rings. The zero-order valence-corrected chi connectivity index (χ0v) is 24.0. The third-order valence-corrected chi connectivity index (χ3v) is 8.08. The highest BCUT2D eigenvalue weighted by molar-refractivity contribution is 6.47. The first kappa shape index (κ1) is 28.2. The Balaban J connectivity index is 1.83. The lowest BCUT2D eigenvalue weighted by Gasteiger charge is -2.47. The molecule has 1 N–H and O–H groups in total. The minimum absolute atomic E-state index is 0.0684. The second-order valence-corrected chi connectivity index (χ2v) is 12.8. The zero-order valence-electron chi connectivity index (χ0n) is 23.3. The van der Waals surface area contributed by atoms with Gasteiger partial charge in [0.05, 0.1) is 23.7 Å². The van der Waals surface area contributed by atoms with Gasteiger partial charge >= 0.3 is 5.97 Å². The fourth-order valence-electron chi connectivity index (χ4n) is 6.21. The van der Waals surface area contributed by atoms with Crippen molar-refractivity contribution in [2.24, 2.45) is 22.2 Å². The lowest BCUT2D eigenvalue weighted by Crippen LogP contribution is -2.52. The topological polar surface area (TPSA) is 79.2 Å². The van der Waals surface area contributed by atoms with Gasteiger partial charge in [0.2, 0.25) is 0 Å². The molecule has 0 saturated heterocycles. The quantitative estimate of drug-likeness (QED) is 0.395. The van der Waals surface area contributed by atoms with Gasteiger partial charge in [-0.15, -0.1) is 0 Å². The lowest BCUT2D eigenvalue weighted by atomic mass is 9.75. The van der Waals surface area contributed by atoms with Crippen LogP contribution in [-0.2, 0) is 9.53 Å². The number of amides is 1. The van der Waals surface area contributed by atoms with E-state index in [0.717, 1.165) is 37.7 Å². The van der Waals surface area contributed by atoms with Crippen LogP contribution in [0, 0.1) is 17.3 Å². The summed E-state index contributed by atoms with van der Waals surface area (Å²) in [6.07, 6.45) is 4.30. The van der Waals surface area contributed by atoms with Crippen LogP contribution in [0.2, 0.25) is 5.02 Å². The van der Waals surface area contributed by atoms with E-state index in [-0.39, 0.29) is 34.1 Å². The van der Waals surface area contributed by atoms with E-state index < -0.39 is 5.66 Å². The van der Waals surface area contributed by atoms with Gasteiger partial charge in [0, 0.05) is 5.56 Å². The van der Waals surface area contributed by atoms with Crippen molar-refractivity contribution < 1.29 is 19.4 Å². The number of phenols is 1. The molecular weight excluding hydrogens is 500 g/mol. The predicted molar refractivity (Wildman–Crippen MR) is 151 cm³/mol. The monoisotopic (exact) mass is 538 g/mol. The van der Waals surface area contributed by atoms with Crippen molar-refractivity contribution in [3.8, 4) is 5.75 Å². The average Bonchev–Trinajstić information content (AvgIpc) is 3.10. The van der Waals surface area contributed by atoms with Crippen LogP contribution in [0.1, 0.15) is 94.2 Å². The molecule has 6 nitrogen and oxygen atoms in total. The maximum Gasteiger partial charge on any atom is 0.337 e. The molecule has 7 heteroatoms. The van der Waals surface area contributed by atoms with Gasteiger partial charge in [-0.25, -0.2) is 4.79 Å². The van der Waals surface area contributed by atoms with E-state index in [4.69, 9.17) is 21.3 Å². The number of aromatic hydroxyl groups is 1. The molecule has 4 rings (SSSR count). The van der Waals surface area contributed by atoms with Gasteiger partial charge < -0.3 is 14.7 Å². The molecule has 3 atom stereocenters. The summed E-state index contributed by atoms with van der Waals surface area (Å²) in [5, 5.41) is 10.5. The van der Waals surface area contributed by atoms with E-state index in [1.807, 2.05) is 17.0 Å². The van der Waals surface area contributed by atoms with E-state index in [0.29, 0.717) is 28.7 Å². The maximum absolute atomic E-state index is 14.4. The summed E-state index contributed by atoms with van der Waals surface area (Å²) < 4.78 is 4.89. The number of methoxy groups -OCH3 is 1. The first-order chi connectivity index (χ1) is 17.8. The summed E-state index contributed by atoms with van der Waals surface area (Å²) >= 11 is 6.07. The molecule has 1 amide bonds. The molecular formula is C31H39ClN2O4. The summed E-state index contributed by atoms with van der Waals surface area (Å²) in [4.78, 5) is 33.7. The van der Waals surface area contributed by atoms with Crippen molar-refractivity contribution in [1.82, 2.24) is 4.90 Å². The molecule has 0 bridgehead atoms. The van der Waals surface area contributed by atoms with Gasteiger partial charge in [-0.2, -0.15) is 0 Å². The van der Waals surface area contributed by atoms with E-state index in [9.17, 15) is 14.7 Å². The molecule has 1 heterocycles. The highest BCUT2D eigenvalue weighted by Gasteiger charge is 2.53. The van der Waals surface area contributed by atoms with Gasteiger partial charge in [-0.1, -0.05) is 64.4 Å². The van der Waals surface area contributed by atoms with E-state index in [1.165, 1.54) is 13.2 Å². The Morgan fingerprint density at radius 1 is 1.16 bits per heavy atom. The first-order valence-corrected chi connectivity index (χ1v) is 13.8. The Kier molecular flexibility index (Phi) is 7.94. The normalized spacial score (nSPS) is 24.4. The van der Waals surface area contributed by atoms with Crippen LogP contribution in [0.15, 0.2) is 47.5 Å². The Hall–Kier alpha value is -2.86. The predicted octanol–water partition coefficient (Wildman–Crippen LogP) is 7.18. The number of esters is 1. The minimum atomic E-state index is -0.678. The summed E-state index contributed by atoms with van der Waals surface area (Å²) in [6.45, 7) is 11.1. The number of phenolic OH excluding ortho intramolecular Hbond substituents is 1. The average molecular weight is 539 g/mol. The van der Waals surface area contributed by atoms with E-state index >= 15 is 0 Å². The molecule has 204 valence electrons. The van der Waals surface area contributed by atoms with Crippen LogP contribution in [0.25, 0.3) is 0 Å². The molecule has 1 aliphatic carbocycles. The second kappa shape index (κ2) is 10.7. The number of rotatable bonds is 6. The van der Waals surface area contributed by atoms with Crippen molar-refractivity contribution in [3.05, 3.63) is 64.2 Å². The summed E-state index contributed by atoms with van der Waals surface area (Å²) in [5.74, 6) is 0.213. The Morgan fingerprint density at radius 2 is 1.79 bits per heavy atom. The molecule has 2 aromatic rings. The number of hydrogen-bond donors (Lipinski definition) is 1. The highest BCUT2D eigenvalue weighted by atomic mass is 35.5. The van der Waals surface area contributed by atoms with Crippen LogP contribution in [0.5, 0.6) is 5.75 Å². The SMILES string of the molecule is COC(=O)c1ccc(C(CCC(C)(C)C)N2C(=O)C(c3ccc(Cl)c(O)c3)=NC23CC(C)CC(C)C3)cc1. The number of nitrogens with zero attached hydrogens (tertiary/aromatic N) is 2. The number of aliphatic imine (C=N–C) groups is 1. The van der Waals surface area contributed by atoms with Crippen LogP contribution >= 0.6 is 11.6 Å². The number of carbonyl (C=O) groups excluding carboxylic acids is 2. The molecule has 38 heavy (non-hydrogen) atoms. The fourth-order valence-corrected chi connectivity index (χ4v) is 6.32. The maximum atomic E-state index is 14.4. The molecule has 1 aliphatic heterocycles. The van der Waals surface area contributed by atoms with Gasteiger partial charge in [0.15, 0.2) is 0 Å². The smallest absolute Gasteiger partial charge is 0.337 e. The van der Waals surface area contributed by atoms with Crippen LogP contribution in [-0.4, -0.2) is 40.4 Å². The standard InChI is InChI=1S/C31H39ClN2O4/c1-19-15-20(2)18-31(17-19)33-27(23-11-12-24(32)26(35)16-23)28(36)34(31)25(13-14-30(3,4)5)21-7-9-22(10-8-21)29(37)38-6/h7-12,16,19-20,25,35H,13-15,17-18H2,1-6H3.